The quantitative estimate of drug-likeness (QED) is 0.659. The zero-order chi connectivity index (χ0) is 21.2. The van der Waals surface area contributed by atoms with Crippen LogP contribution in [0.4, 0.5) is 0 Å². The molecule has 0 saturated carbocycles. The maximum Gasteiger partial charge on any atom is 0.246 e. The lowest BCUT2D eigenvalue weighted by Gasteiger charge is -2.31. The lowest BCUT2D eigenvalue weighted by atomic mass is 10.2. The Labute approximate surface area is 176 Å². The van der Waals surface area contributed by atoms with E-state index in [0.717, 1.165) is 0 Å². The lowest BCUT2D eigenvalue weighted by Crippen LogP contribution is -2.42. The molecule has 2 aromatic carbocycles. The minimum absolute atomic E-state index is 0.0241. The molecule has 0 aliphatic carbocycles. The van der Waals surface area contributed by atoms with Crippen LogP contribution in [0.2, 0.25) is 5.02 Å². The Balaban J connectivity index is 1.78. The molecule has 0 unspecified atom stereocenters. The molecule has 158 valence electrons. The van der Waals surface area contributed by atoms with Crippen LogP contribution < -0.4 is 9.47 Å². The van der Waals surface area contributed by atoms with Crippen molar-refractivity contribution in [1.29, 1.82) is 0 Å². The zero-order valence-electron chi connectivity index (χ0n) is 16.0. The fraction of sp³-hybridized carbons (Fsp3) is 0.368. The molecular formula is C19H22ClNO6S2. The number of hydrogen-bond donors (Lipinski definition) is 0. The fourth-order valence-electron chi connectivity index (χ4n) is 3.33. The van der Waals surface area contributed by atoms with Crippen LogP contribution in [0.25, 0.3) is 0 Å². The predicted octanol–water partition coefficient (Wildman–Crippen LogP) is 2.98. The van der Waals surface area contributed by atoms with Crippen LogP contribution in [-0.4, -0.2) is 53.7 Å². The van der Waals surface area contributed by atoms with Crippen LogP contribution in [0.3, 0.4) is 0 Å². The molecule has 0 spiro atoms. The SMILES string of the molecule is COc1ccc(S(=O)(=O)C2CCN(S(=O)(=O)c3cc(Cl)ccc3OC)CC2)cc1. The van der Waals surface area contributed by atoms with Crippen molar-refractivity contribution in [3.8, 4) is 11.5 Å². The normalized spacial score (nSPS) is 16.5. The highest BCUT2D eigenvalue weighted by Crippen LogP contribution is 2.33. The van der Waals surface area contributed by atoms with Crippen LogP contribution >= 0.6 is 11.6 Å². The van der Waals surface area contributed by atoms with Gasteiger partial charge in [-0.15, -0.1) is 0 Å². The van der Waals surface area contributed by atoms with E-state index >= 15 is 0 Å². The minimum Gasteiger partial charge on any atom is -0.497 e. The number of ether oxygens (including phenoxy) is 2. The molecular weight excluding hydrogens is 438 g/mol. The third-order valence-electron chi connectivity index (χ3n) is 4.97. The molecule has 0 N–H and O–H groups in total. The third kappa shape index (κ3) is 4.37. The number of rotatable bonds is 6. The first-order chi connectivity index (χ1) is 13.7. The van der Waals surface area contributed by atoms with Crippen molar-refractivity contribution in [2.75, 3.05) is 27.3 Å². The first-order valence-electron chi connectivity index (χ1n) is 8.92. The number of sulfone groups is 1. The fourth-order valence-corrected chi connectivity index (χ4v) is 6.95. The zero-order valence-corrected chi connectivity index (χ0v) is 18.4. The summed E-state index contributed by atoms with van der Waals surface area (Å²) in [7, 11) is -4.53. The molecule has 1 aliphatic heterocycles. The predicted molar refractivity (Wildman–Crippen MR) is 110 cm³/mol. The van der Waals surface area contributed by atoms with Crippen LogP contribution in [0, 0.1) is 0 Å². The summed E-state index contributed by atoms with van der Waals surface area (Å²) < 4.78 is 63.4. The van der Waals surface area contributed by atoms with Crippen molar-refractivity contribution in [1.82, 2.24) is 4.31 Å². The Morgan fingerprint density at radius 1 is 0.931 bits per heavy atom. The summed E-state index contributed by atoms with van der Waals surface area (Å²) in [4.78, 5) is 0.181. The third-order valence-corrected chi connectivity index (χ3v) is 9.40. The van der Waals surface area contributed by atoms with Gasteiger partial charge in [0, 0.05) is 18.1 Å². The van der Waals surface area contributed by atoms with Gasteiger partial charge in [-0.05, 0) is 55.3 Å². The minimum atomic E-state index is -3.86. The van der Waals surface area contributed by atoms with E-state index in [1.165, 1.54) is 42.8 Å². The average molecular weight is 460 g/mol. The molecule has 3 rings (SSSR count). The van der Waals surface area contributed by atoms with Gasteiger partial charge >= 0.3 is 0 Å². The molecule has 0 aromatic heterocycles. The smallest absolute Gasteiger partial charge is 0.246 e. The molecule has 0 atom stereocenters. The van der Waals surface area contributed by atoms with E-state index in [1.807, 2.05) is 0 Å². The van der Waals surface area contributed by atoms with E-state index in [4.69, 9.17) is 21.1 Å². The second-order valence-corrected chi connectivity index (χ2v) is 11.2. The molecule has 1 fully saturated rings. The van der Waals surface area contributed by atoms with Gasteiger partial charge < -0.3 is 9.47 Å². The van der Waals surface area contributed by atoms with E-state index in [-0.39, 0.29) is 46.5 Å². The molecule has 0 amide bonds. The van der Waals surface area contributed by atoms with E-state index in [9.17, 15) is 16.8 Å². The van der Waals surface area contributed by atoms with Gasteiger partial charge in [-0.2, -0.15) is 4.31 Å². The Kier molecular flexibility index (Phi) is 6.42. The van der Waals surface area contributed by atoms with E-state index in [2.05, 4.69) is 0 Å². The van der Waals surface area contributed by atoms with Gasteiger partial charge in [0.05, 0.1) is 24.4 Å². The van der Waals surface area contributed by atoms with Crippen LogP contribution in [0.15, 0.2) is 52.3 Å². The summed E-state index contributed by atoms with van der Waals surface area (Å²) in [5.41, 5.74) is 0. The highest BCUT2D eigenvalue weighted by molar-refractivity contribution is 7.92. The van der Waals surface area contributed by atoms with Gasteiger partial charge in [-0.25, -0.2) is 16.8 Å². The molecule has 29 heavy (non-hydrogen) atoms. The molecule has 7 nitrogen and oxygen atoms in total. The number of methoxy groups -OCH3 is 2. The van der Waals surface area contributed by atoms with Crippen LogP contribution in [0.1, 0.15) is 12.8 Å². The Bertz CT molecular complexity index is 1080. The van der Waals surface area contributed by atoms with Crippen molar-refractivity contribution in [3.05, 3.63) is 47.5 Å². The van der Waals surface area contributed by atoms with Crippen molar-refractivity contribution in [2.24, 2.45) is 0 Å². The first-order valence-corrected chi connectivity index (χ1v) is 12.3. The van der Waals surface area contributed by atoms with Crippen LogP contribution in [0.5, 0.6) is 11.5 Å². The number of benzene rings is 2. The Hall–Kier alpha value is -1.81. The summed E-state index contributed by atoms with van der Waals surface area (Å²) in [5, 5.41) is -0.370. The topological polar surface area (TPSA) is 90.0 Å². The van der Waals surface area contributed by atoms with Crippen LogP contribution in [-0.2, 0) is 19.9 Å². The molecule has 2 aromatic rings. The average Bonchev–Trinajstić information content (AvgIpc) is 2.73. The number of piperidine rings is 1. The summed E-state index contributed by atoms with van der Waals surface area (Å²) in [5.74, 6) is 0.766. The highest BCUT2D eigenvalue weighted by atomic mass is 35.5. The number of nitrogens with zero attached hydrogens (tertiary/aromatic N) is 1. The van der Waals surface area contributed by atoms with Crippen molar-refractivity contribution in [2.45, 2.75) is 27.9 Å². The molecule has 1 heterocycles. The van der Waals surface area contributed by atoms with E-state index in [0.29, 0.717) is 5.75 Å². The largest absolute Gasteiger partial charge is 0.497 e. The van der Waals surface area contributed by atoms with E-state index in [1.54, 1.807) is 18.2 Å². The summed E-state index contributed by atoms with van der Waals surface area (Å²) >= 11 is 5.96. The van der Waals surface area contributed by atoms with E-state index < -0.39 is 25.1 Å². The monoisotopic (exact) mass is 459 g/mol. The second kappa shape index (κ2) is 8.51. The summed E-state index contributed by atoms with van der Waals surface area (Å²) in [6.07, 6.45) is 0.410. The van der Waals surface area contributed by atoms with Gasteiger partial charge in [-0.1, -0.05) is 11.6 Å². The first kappa shape index (κ1) is 21.9. The van der Waals surface area contributed by atoms with Crippen molar-refractivity contribution < 1.29 is 26.3 Å². The van der Waals surface area contributed by atoms with Gasteiger partial charge in [-0.3, -0.25) is 0 Å². The number of halogens is 1. The number of sulfonamides is 1. The Morgan fingerprint density at radius 3 is 2.10 bits per heavy atom. The van der Waals surface area contributed by atoms with Gasteiger partial charge in [0.25, 0.3) is 0 Å². The van der Waals surface area contributed by atoms with Gasteiger partial charge in [0.15, 0.2) is 9.84 Å². The van der Waals surface area contributed by atoms with Crippen molar-refractivity contribution in [3.63, 3.8) is 0 Å². The second-order valence-electron chi connectivity index (χ2n) is 6.62. The highest BCUT2D eigenvalue weighted by Gasteiger charge is 2.36. The molecule has 10 heteroatoms. The molecule has 1 saturated heterocycles. The lowest BCUT2D eigenvalue weighted by molar-refractivity contribution is 0.342. The molecule has 0 radical (unpaired) electrons. The van der Waals surface area contributed by atoms with Gasteiger partial charge in [0.2, 0.25) is 10.0 Å². The van der Waals surface area contributed by atoms with Gasteiger partial charge in [0.1, 0.15) is 16.4 Å². The molecule has 0 bridgehead atoms. The molecule has 1 aliphatic rings. The summed E-state index contributed by atoms with van der Waals surface area (Å²) in [6, 6.07) is 10.6. The standard InChI is InChI=1S/C19H22ClNO6S2/c1-26-15-4-6-16(7-5-15)28(22,23)17-9-11-21(12-10-17)29(24,25)19-13-14(20)3-8-18(19)27-2/h3-8,13,17H,9-12H2,1-2H3. The summed E-state index contributed by atoms with van der Waals surface area (Å²) in [6.45, 7) is 0.191. The maximum atomic E-state index is 13.0. The maximum absolute atomic E-state index is 13.0. The van der Waals surface area contributed by atoms with Crippen molar-refractivity contribution >= 4 is 31.5 Å². The number of hydrogen-bond acceptors (Lipinski definition) is 6. The Morgan fingerprint density at radius 2 is 1.55 bits per heavy atom.